The van der Waals surface area contributed by atoms with E-state index in [0.29, 0.717) is 6.54 Å². The molecular formula is C22H25N5O. The number of aromatic nitrogens is 4. The van der Waals surface area contributed by atoms with Gasteiger partial charge in [-0.1, -0.05) is 12.2 Å². The summed E-state index contributed by atoms with van der Waals surface area (Å²) in [6.45, 7) is 6.31. The van der Waals surface area contributed by atoms with E-state index in [1.807, 2.05) is 9.58 Å². The lowest BCUT2D eigenvalue weighted by Crippen LogP contribution is -2.41. The van der Waals surface area contributed by atoms with Gasteiger partial charge in [0.1, 0.15) is 5.69 Å². The fourth-order valence-electron chi connectivity index (χ4n) is 4.24. The Morgan fingerprint density at radius 3 is 2.82 bits per heavy atom. The van der Waals surface area contributed by atoms with Crippen LogP contribution in [0.3, 0.4) is 0 Å². The van der Waals surface area contributed by atoms with E-state index in [1.54, 1.807) is 0 Å². The summed E-state index contributed by atoms with van der Waals surface area (Å²) in [4.78, 5) is 23.0. The van der Waals surface area contributed by atoms with Gasteiger partial charge in [0, 0.05) is 12.5 Å². The number of amides is 1. The lowest BCUT2D eigenvalue weighted by Gasteiger charge is -2.31. The predicted octanol–water partition coefficient (Wildman–Crippen LogP) is 3.74. The first-order chi connectivity index (χ1) is 13.6. The molecule has 6 nitrogen and oxygen atoms in total. The SMILES string of the molecule is Cc1cc2nc(-c3cc4n(n3)CCN(C(=O)C3CC=CCC3)C4)[nH]c2cc1C. The van der Waals surface area contributed by atoms with Crippen LogP contribution in [-0.4, -0.2) is 37.1 Å². The summed E-state index contributed by atoms with van der Waals surface area (Å²) >= 11 is 0. The van der Waals surface area contributed by atoms with Crippen molar-refractivity contribution in [3.63, 3.8) is 0 Å². The summed E-state index contributed by atoms with van der Waals surface area (Å²) in [6.07, 6.45) is 7.17. The maximum absolute atomic E-state index is 12.9. The summed E-state index contributed by atoms with van der Waals surface area (Å²) in [5.41, 5.74) is 6.41. The molecule has 0 bridgehead atoms. The standard InChI is InChI=1S/C22H25N5O/c1-14-10-18-19(11-15(14)2)24-21(23-18)20-12-17-13-26(8-9-27(17)25-20)22(28)16-6-4-3-5-7-16/h3-4,10-12,16H,5-9,13H2,1-2H3,(H,23,24). The summed E-state index contributed by atoms with van der Waals surface area (Å²) < 4.78 is 2.02. The zero-order chi connectivity index (χ0) is 19.3. The van der Waals surface area contributed by atoms with E-state index >= 15 is 0 Å². The summed E-state index contributed by atoms with van der Waals surface area (Å²) in [5.74, 6) is 1.21. The molecule has 3 heterocycles. The topological polar surface area (TPSA) is 66.8 Å². The van der Waals surface area contributed by atoms with Crippen LogP contribution in [0.15, 0.2) is 30.4 Å². The minimum atomic E-state index is 0.140. The van der Waals surface area contributed by atoms with E-state index in [1.165, 1.54) is 11.1 Å². The largest absolute Gasteiger partial charge is 0.337 e. The van der Waals surface area contributed by atoms with E-state index in [0.717, 1.165) is 60.6 Å². The lowest BCUT2D eigenvalue weighted by atomic mass is 9.93. The van der Waals surface area contributed by atoms with Gasteiger partial charge < -0.3 is 9.88 Å². The molecule has 0 saturated heterocycles. The minimum Gasteiger partial charge on any atom is -0.337 e. The van der Waals surface area contributed by atoms with Crippen LogP contribution >= 0.6 is 0 Å². The quantitative estimate of drug-likeness (QED) is 0.694. The van der Waals surface area contributed by atoms with Gasteiger partial charge in [0.15, 0.2) is 5.82 Å². The molecule has 6 heteroatoms. The Morgan fingerprint density at radius 1 is 1.14 bits per heavy atom. The number of H-pyrrole nitrogens is 1. The van der Waals surface area contributed by atoms with Crippen molar-refractivity contribution in [3.8, 4) is 11.5 Å². The first kappa shape index (κ1) is 17.2. The molecule has 1 aliphatic heterocycles. The molecule has 1 unspecified atom stereocenters. The second kappa shape index (κ2) is 6.62. The van der Waals surface area contributed by atoms with Gasteiger partial charge in [-0.2, -0.15) is 5.10 Å². The number of carbonyl (C=O) groups is 1. The average Bonchev–Trinajstić information content (AvgIpc) is 3.31. The molecule has 144 valence electrons. The van der Waals surface area contributed by atoms with Gasteiger partial charge in [0.2, 0.25) is 5.91 Å². The van der Waals surface area contributed by atoms with Crippen LogP contribution in [0.2, 0.25) is 0 Å². The van der Waals surface area contributed by atoms with Crippen LogP contribution in [0.1, 0.15) is 36.1 Å². The van der Waals surface area contributed by atoms with Crippen molar-refractivity contribution in [3.05, 3.63) is 47.2 Å². The Labute approximate surface area is 164 Å². The molecule has 3 aromatic rings. The zero-order valence-corrected chi connectivity index (χ0v) is 16.4. The summed E-state index contributed by atoms with van der Waals surface area (Å²) in [5, 5.41) is 4.74. The molecule has 1 amide bonds. The van der Waals surface area contributed by atoms with Crippen LogP contribution in [0, 0.1) is 19.8 Å². The van der Waals surface area contributed by atoms with Gasteiger partial charge in [0.05, 0.1) is 29.8 Å². The first-order valence-corrected chi connectivity index (χ1v) is 10.1. The predicted molar refractivity (Wildman–Crippen MR) is 109 cm³/mol. The number of nitrogens with zero attached hydrogens (tertiary/aromatic N) is 4. The Kier molecular flexibility index (Phi) is 4.07. The van der Waals surface area contributed by atoms with Crippen LogP contribution in [0.25, 0.3) is 22.6 Å². The Morgan fingerprint density at radius 2 is 2.00 bits per heavy atom. The summed E-state index contributed by atoms with van der Waals surface area (Å²) in [6, 6.07) is 6.31. The van der Waals surface area contributed by atoms with Crippen LogP contribution in [0.4, 0.5) is 0 Å². The van der Waals surface area contributed by atoms with Gasteiger partial charge in [-0.3, -0.25) is 9.48 Å². The Balaban J connectivity index is 1.40. The third-order valence-electron chi connectivity index (χ3n) is 6.07. The van der Waals surface area contributed by atoms with Gasteiger partial charge in [-0.25, -0.2) is 4.98 Å². The molecule has 0 radical (unpaired) electrons. The van der Waals surface area contributed by atoms with Crippen LogP contribution in [-0.2, 0) is 17.9 Å². The highest BCUT2D eigenvalue weighted by Crippen LogP contribution is 2.26. The number of aryl methyl sites for hydroxylation is 2. The first-order valence-electron chi connectivity index (χ1n) is 10.1. The highest BCUT2D eigenvalue weighted by molar-refractivity contribution is 5.81. The highest BCUT2D eigenvalue weighted by atomic mass is 16.2. The molecule has 28 heavy (non-hydrogen) atoms. The third-order valence-corrected chi connectivity index (χ3v) is 6.07. The minimum absolute atomic E-state index is 0.140. The van der Waals surface area contributed by atoms with Crippen molar-refractivity contribution >= 4 is 16.9 Å². The molecule has 0 spiro atoms. The van der Waals surface area contributed by atoms with E-state index in [9.17, 15) is 4.79 Å². The molecule has 0 saturated carbocycles. The highest BCUT2D eigenvalue weighted by Gasteiger charge is 2.28. The normalized spacial score (nSPS) is 19.2. The van der Waals surface area contributed by atoms with E-state index in [4.69, 9.17) is 10.1 Å². The smallest absolute Gasteiger partial charge is 0.226 e. The van der Waals surface area contributed by atoms with Gasteiger partial charge in [-0.05, 0) is 62.4 Å². The number of allylic oxidation sites excluding steroid dienone is 2. The molecule has 0 fully saturated rings. The number of nitrogens with one attached hydrogen (secondary N) is 1. The zero-order valence-electron chi connectivity index (χ0n) is 16.4. The van der Waals surface area contributed by atoms with Crippen molar-refractivity contribution in [1.29, 1.82) is 0 Å². The molecule has 1 atom stereocenters. The van der Waals surface area contributed by atoms with Crippen molar-refractivity contribution in [1.82, 2.24) is 24.6 Å². The van der Waals surface area contributed by atoms with Crippen molar-refractivity contribution in [2.24, 2.45) is 5.92 Å². The van der Waals surface area contributed by atoms with E-state index in [-0.39, 0.29) is 11.8 Å². The Bertz CT molecular complexity index is 1050. The van der Waals surface area contributed by atoms with E-state index in [2.05, 4.69) is 49.2 Å². The monoisotopic (exact) mass is 375 g/mol. The molecule has 2 aromatic heterocycles. The maximum Gasteiger partial charge on any atom is 0.226 e. The van der Waals surface area contributed by atoms with Gasteiger partial charge in [-0.15, -0.1) is 0 Å². The second-order valence-electron chi connectivity index (χ2n) is 8.02. The number of rotatable bonds is 2. The van der Waals surface area contributed by atoms with Crippen LogP contribution in [0.5, 0.6) is 0 Å². The molecular weight excluding hydrogens is 350 g/mol. The number of fused-ring (bicyclic) bond motifs is 2. The van der Waals surface area contributed by atoms with Crippen molar-refractivity contribution in [2.75, 3.05) is 6.54 Å². The second-order valence-corrected chi connectivity index (χ2v) is 8.02. The third kappa shape index (κ3) is 2.93. The van der Waals surface area contributed by atoms with Crippen molar-refractivity contribution < 1.29 is 4.79 Å². The molecule has 1 N–H and O–H groups in total. The number of imidazole rings is 1. The van der Waals surface area contributed by atoms with Gasteiger partial charge >= 0.3 is 0 Å². The van der Waals surface area contributed by atoms with Crippen LogP contribution < -0.4 is 0 Å². The lowest BCUT2D eigenvalue weighted by molar-refractivity contribution is -0.137. The van der Waals surface area contributed by atoms with Crippen molar-refractivity contribution in [2.45, 2.75) is 46.2 Å². The number of hydrogen-bond donors (Lipinski definition) is 1. The molecule has 2 aliphatic rings. The average molecular weight is 375 g/mol. The number of hydrogen-bond acceptors (Lipinski definition) is 3. The molecule has 1 aromatic carbocycles. The fourth-order valence-corrected chi connectivity index (χ4v) is 4.24. The number of aromatic amines is 1. The summed E-state index contributed by atoms with van der Waals surface area (Å²) in [7, 11) is 0. The fraction of sp³-hybridized carbons (Fsp3) is 0.409. The molecule has 5 rings (SSSR count). The number of benzene rings is 1. The number of carbonyl (C=O) groups excluding carboxylic acids is 1. The van der Waals surface area contributed by atoms with E-state index < -0.39 is 0 Å². The Hall–Kier alpha value is -2.89. The van der Waals surface area contributed by atoms with Gasteiger partial charge in [0.25, 0.3) is 0 Å². The molecule has 1 aliphatic carbocycles. The maximum atomic E-state index is 12.9.